The van der Waals surface area contributed by atoms with Gasteiger partial charge in [-0.05, 0) is 37.0 Å². The summed E-state index contributed by atoms with van der Waals surface area (Å²) in [5.41, 5.74) is 3.75. The molecule has 0 aliphatic carbocycles. The minimum absolute atomic E-state index is 0.342. The predicted molar refractivity (Wildman–Crippen MR) is 79.7 cm³/mol. The van der Waals surface area contributed by atoms with E-state index < -0.39 is 0 Å². The molecule has 1 aromatic rings. The summed E-state index contributed by atoms with van der Waals surface area (Å²) in [6, 6.07) is 6.30. The van der Waals surface area contributed by atoms with Gasteiger partial charge in [0.25, 0.3) is 0 Å². The van der Waals surface area contributed by atoms with E-state index >= 15 is 0 Å². The Balaban J connectivity index is 2.50. The Bertz CT molecular complexity index is 368. The van der Waals surface area contributed by atoms with Gasteiger partial charge in [0.15, 0.2) is 0 Å². The van der Waals surface area contributed by atoms with Gasteiger partial charge in [-0.1, -0.05) is 57.0 Å². The second-order valence-electron chi connectivity index (χ2n) is 4.96. The van der Waals surface area contributed by atoms with Crippen molar-refractivity contribution < 1.29 is 4.74 Å². The largest absolute Gasteiger partial charge is 0.374 e. The Morgan fingerprint density at radius 1 is 1.33 bits per heavy atom. The number of rotatable bonds is 8. The minimum atomic E-state index is 0.342. The highest BCUT2D eigenvalue weighted by Crippen LogP contribution is 2.18. The second-order valence-corrected chi connectivity index (χ2v) is 4.96. The molecule has 0 amide bonds. The van der Waals surface area contributed by atoms with E-state index in [1.54, 1.807) is 0 Å². The summed E-state index contributed by atoms with van der Waals surface area (Å²) in [7, 11) is 0. The SMILES string of the molecule is C=Cc1cccc(C)c1COC(C)CCCCC. The fourth-order valence-electron chi connectivity index (χ4n) is 2.10. The summed E-state index contributed by atoms with van der Waals surface area (Å²) in [5.74, 6) is 0. The van der Waals surface area contributed by atoms with Gasteiger partial charge in [0.1, 0.15) is 0 Å². The number of hydrogen-bond donors (Lipinski definition) is 0. The van der Waals surface area contributed by atoms with Crippen LogP contribution in [0.2, 0.25) is 0 Å². The second kappa shape index (κ2) is 8.10. The average molecular weight is 246 g/mol. The topological polar surface area (TPSA) is 9.23 Å². The lowest BCUT2D eigenvalue weighted by atomic mass is 10.0. The summed E-state index contributed by atoms with van der Waals surface area (Å²) >= 11 is 0. The van der Waals surface area contributed by atoms with Crippen LogP contribution in [-0.4, -0.2) is 6.10 Å². The van der Waals surface area contributed by atoms with Crippen LogP contribution in [0.5, 0.6) is 0 Å². The lowest BCUT2D eigenvalue weighted by Gasteiger charge is -2.15. The van der Waals surface area contributed by atoms with Gasteiger partial charge < -0.3 is 4.74 Å². The van der Waals surface area contributed by atoms with Gasteiger partial charge in [0.2, 0.25) is 0 Å². The fraction of sp³-hybridized carbons (Fsp3) is 0.529. The Morgan fingerprint density at radius 2 is 2.11 bits per heavy atom. The first kappa shape index (κ1) is 15.0. The lowest BCUT2D eigenvalue weighted by Crippen LogP contribution is -2.09. The van der Waals surface area contributed by atoms with E-state index in [1.165, 1.54) is 36.0 Å². The zero-order valence-corrected chi connectivity index (χ0v) is 12.0. The van der Waals surface area contributed by atoms with Crippen molar-refractivity contribution in [2.24, 2.45) is 0 Å². The predicted octanol–water partition coefficient (Wildman–Crippen LogP) is 5.12. The van der Waals surface area contributed by atoms with Gasteiger partial charge in [-0.3, -0.25) is 0 Å². The summed E-state index contributed by atoms with van der Waals surface area (Å²) in [5, 5.41) is 0. The van der Waals surface area contributed by atoms with Crippen molar-refractivity contribution in [3.05, 3.63) is 41.5 Å². The van der Waals surface area contributed by atoms with Crippen LogP contribution in [0.15, 0.2) is 24.8 Å². The van der Waals surface area contributed by atoms with E-state index in [0.29, 0.717) is 12.7 Å². The van der Waals surface area contributed by atoms with E-state index in [9.17, 15) is 0 Å². The molecule has 0 heterocycles. The molecule has 1 rings (SSSR count). The smallest absolute Gasteiger partial charge is 0.0728 e. The number of unbranched alkanes of at least 4 members (excludes halogenated alkanes) is 2. The highest BCUT2D eigenvalue weighted by atomic mass is 16.5. The molecule has 18 heavy (non-hydrogen) atoms. The van der Waals surface area contributed by atoms with Crippen molar-refractivity contribution in [1.82, 2.24) is 0 Å². The highest BCUT2D eigenvalue weighted by molar-refractivity contribution is 5.53. The fourth-order valence-corrected chi connectivity index (χ4v) is 2.10. The zero-order valence-electron chi connectivity index (χ0n) is 12.0. The van der Waals surface area contributed by atoms with Crippen molar-refractivity contribution >= 4 is 6.08 Å². The Morgan fingerprint density at radius 3 is 2.78 bits per heavy atom. The molecule has 0 aliphatic rings. The van der Waals surface area contributed by atoms with Crippen LogP contribution < -0.4 is 0 Å². The van der Waals surface area contributed by atoms with Crippen LogP contribution in [-0.2, 0) is 11.3 Å². The molecule has 0 aliphatic heterocycles. The normalized spacial score (nSPS) is 12.4. The van der Waals surface area contributed by atoms with Gasteiger partial charge in [-0.25, -0.2) is 0 Å². The number of aryl methyl sites for hydroxylation is 1. The maximum absolute atomic E-state index is 5.95. The first-order valence-electron chi connectivity index (χ1n) is 7.01. The van der Waals surface area contributed by atoms with E-state index in [2.05, 4.69) is 45.5 Å². The monoisotopic (exact) mass is 246 g/mol. The van der Waals surface area contributed by atoms with Crippen molar-refractivity contribution in [3.8, 4) is 0 Å². The van der Waals surface area contributed by atoms with E-state index in [1.807, 2.05) is 6.08 Å². The molecule has 100 valence electrons. The first-order valence-corrected chi connectivity index (χ1v) is 7.01. The molecule has 0 spiro atoms. The molecule has 0 bridgehead atoms. The molecule has 0 fully saturated rings. The summed E-state index contributed by atoms with van der Waals surface area (Å²) in [6.45, 7) is 11.1. The summed E-state index contributed by atoms with van der Waals surface area (Å²) < 4.78 is 5.95. The Hall–Kier alpha value is -1.08. The van der Waals surface area contributed by atoms with E-state index in [4.69, 9.17) is 4.74 Å². The number of ether oxygens (including phenoxy) is 1. The van der Waals surface area contributed by atoms with Crippen molar-refractivity contribution in [3.63, 3.8) is 0 Å². The van der Waals surface area contributed by atoms with Gasteiger partial charge in [0.05, 0.1) is 12.7 Å². The van der Waals surface area contributed by atoms with E-state index in [-0.39, 0.29) is 0 Å². The number of hydrogen-bond acceptors (Lipinski definition) is 1. The van der Waals surface area contributed by atoms with Crippen LogP contribution in [0.1, 0.15) is 56.2 Å². The van der Waals surface area contributed by atoms with Gasteiger partial charge >= 0.3 is 0 Å². The van der Waals surface area contributed by atoms with Crippen molar-refractivity contribution in [2.75, 3.05) is 0 Å². The molecule has 1 heteroatoms. The van der Waals surface area contributed by atoms with Crippen LogP contribution in [0.25, 0.3) is 6.08 Å². The van der Waals surface area contributed by atoms with Crippen LogP contribution in [0.4, 0.5) is 0 Å². The first-order chi connectivity index (χ1) is 8.69. The maximum Gasteiger partial charge on any atom is 0.0728 e. The van der Waals surface area contributed by atoms with Crippen LogP contribution >= 0.6 is 0 Å². The van der Waals surface area contributed by atoms with Gasteiger partial charge in [-0.15, -0.1) is 0 Å². The standard InChI is InChI=1S/C17H26O/c1-5-7-8-11-15(4)18-13-17-14(3)10-9-12-16(17)6-2/h6,9-10,12,15H,2,5,7-8,11,13H2,1,3-4H3. The minimum Gasteiger partial charge on any atom is -0.374 e. The van der Waals surface area contributed by atoms with Crippen molar-refractivity contribution in [2.45, 2.75) is 59.2 Å². The molecule has 0 saturated heterocycles. The molecule has 1 atom stereocenters. The molecule has 0 N–H and O–H groups in total. The maximum atomic E-state index is 5.95. The quantitative estimate of drug-likeness (QED) is 0.578. The average Bonchev–Trinajstić information content (AvgIpc) is 2.37. The lowest BCUT2D eigenvalue weighted by molar-refractivity contribution is 0.0456. The third kappa shape index (κ3) is 4.66. The van der Waals surface area contributed by atoms with Crippen molar-refractivity contribution in [1.29, 1.82) is 0 Å². The third-order valence-electron chi connectivity index (χ3n) is 3.39. The van der Waals surface area contributed by atoms with Gasteiger partial charge in [-0.2, -0.15) is 0 Å². The van der Waals surface area contributed by atoms with E-state index in [0.717, 1.165) is 6.42 Å². The Labute approximate surface area is 112 Å². The number of benzene rings is 1. The molecule has 1 unspecified atom stereocenters. The van der Waals surface area contributed by atoms with Crippen LogP contribution in [0, 0.1) is 6.92 Å². The molecule has 1 aromatic carbocycles. The molecule has 0 aromatic heterocycles. The molecule has 1 nitrogen and oxygen atoms in total. The molecule has 0 saturated carbocycles. The zero-order chi connectivity index (χ0) is 13.4. The van der Waals surface area contributed by atoms with Gasteiger partial charge in [0, 0.05) is 0 Å². The summed E-state index contributed by atoms with van der Waals surface area (Å²) in [4.78, 5) is 0. The third-order valence-corrected chi connectivity index (χ3v) is 3.39. The molecular formula is C17H26O. The summed E-state index contributed by atoms with van der Waals surface area (Å²) in [6.07, 6.45) is 7.24. The van der Waals surface area contributed by atoms with Crippen LogP contribution in [0.3, 0.4) is 0 Å². The Kier molecular flexibility index (Phi) is 6.74. The molecular weight excluding hydrogens is 220 g/mol. The molecule has 0 radical (unpaired) electrons. The highest BCUT2D eigenvalue weighted by Gasteiger charge is 2.06.